The van der Waals surface area contributed by atoms with Crippen LogP contribution in [0.1, 0.15) is 18.4 Å². The van der Waals surface area contributed by atoms with E-state index < -0.39 is 24.4 Å². The molecule has 0 aromatic heterocycles. The summed E-state index contributed by atoms with van der Waals surface area (Å²) in [6.07, 6.45) is -0.275. The molecule has 2 rings (SSSR count). The molecule has 0 radical (unpaired) electrons. The summed E-state index contributed by atoms with van der Waals surface area (Å²) in [5, 5.41) is 5.72. The van der Waals surface area contributed by atoms with E-state index in [1.807, 2.05) is 19.1 Å². The number of hydrogen-bond donors (Lipinski definition) is 2. The molecular formula is C19H18Cl2N2O4. The van der Waals surface area contributed by atoms with Crippen LogP contribution in [0.2, 0.25) is 10.0 Å². The van der Waals surface area contributed by atoms with Crippen LogP contribution in [0.4, 0.5) is 11.4 Å². The molecule has 27 heavy (non-hydrogen) atoms. The van der Waals surface area contributed by atoms with Gasteiger partial charge in [0.05, 0.1) is 22.2 Å². The van der Waals surface area contributed by atoms with Crippen molar-refractivity contribution in [2.75, 3.05) is 17.2 Å². The van der Waals surface area contributed by atoms with Crippen molar-refractivity contribution in [1.29, 1.82) is 0 Å². The maximum absolute atomic E-state index is 11.9. The van der Waals surface area contributed by atoms with Crippen molar-refractivity contribution in [2.45, 2.75) is 19.8 Å². The monoisotopic (exact) mass is 408 g/mol. The molecule has 8 heteroatoms. The number of aryl methyl sites for hydroxylation is 1. The van der Waals surface area contributed by atoms with E-state index in [1.54, 1.807) is 30.3 Å². The number of rotatable bonds is 7. The zero-order valence-corrected chi connectivity index (χ0v) is 16.1. The first kappa shape index (κ1) is 20.7. The first-order chi connectivity index (χ1) is 12.8. The van der Waals surface area contributed by atoms with Crippen molar-refractivity contribution in [3.63, 3.8) is 0 Å². The maximum Gasteiger partial charge on any atom is 0.306 e. The Morgan fingerprint density at radius 3 is 2.33 bits per heavy atom. The number of nitrogens with one attached hydrogen (secondary N) is 2. The van der Waals surface area contributed by atoms with Crippen LogP contribution in [0.3, 0.4) is 0 Å². The minimum absolute atomic E-state index is 0.110. The molecule has 0 aliphatic carbocycles. The van der Waals surface area contributed by atoms with Gasteiger partial charge in [-0.3, -0.25) is 14.4 Å². The second-order valence-corrected chi connectivity index (χ2v) is 6.51. The molecule has 2 aromatic rings. The molecule has 0 fully saturated rings. The average molecular weight is 409 g/mol. The third-order valence-corrected chi connectivity index (χ3v) is 4.30. The Morgan fingerprint density at radius 2 is 1.63 bits per heavy atom. The molecule has 0 saturated carbocycles. The van der Waals surface area contributed by atoms with Gasteiger partial charge in [0, 0.05) is 12.1 Å². The number of halogens is 2. The van der Waals surface area contributed by atoms with E-state index in [-0.39, 0.29) is 17.9 Å². The summed E-state index contributed by atoms with van der Waals surface area (Å²) in [6, 6.07) is 12.0. The van der Waals surface area contributed by atoms with E-state index >= 15 is 0 Å². The Hall–Kier alpha value is -2.57. The Balaban J connectivity index is 1.70. The first-order valence-corrected chi connectivity index (χ1v) is 8.87. The van der Waals surface area contributed by atoms with Crippen LogP contribution >= 0.6 is 23.2 Å². The molecule has 0 atom stereocenters. The van der Waals surface area contributed by atoms with Crippen LogP contribution in [0.25, 0.3) is 0 Å². The molecule has 2 aromatic carbocycles. The summed E-state index contributed by atoms with van der Waals surface area (Å²) in [5.41, 5.74) is 2.04. The molecule has 0 spiro atoms. The predicted molar refractivity (Wildman–Crippen MR) is 105 cm³/mol. The van der Waals surface area contributed by atoms with Gasteiger partial charge in [-0.15, -0.1) is 0 Å². The van der Waals surface area contributed by atoms with E-state index in [0.29, 0.717) is 16.4 Å². The SMILES string of the molecule is Cc1ccc(NC(=O)COC(=O)CCC(=O)Nc2cccc(Cl)c2Cl)cc1. The Kier molecular flexibility index (Phi) is 7.64. The van der Waals surface area contributed by atoms with Crippen molar-refractivity contribution < 1.29 is 19.1 Å². The van der Waals surface area contributed by atoms with E-state index in [9.17, 15) is 14.4 Å². The second kappa shape index (κ2) is 9.94. The minimum Gasteiger partial charge on any atom is -0.456 e. The fourth-order valence-corrected chi connectivity index (χ4v) is 2.43. The average Bonchev–Trinajstić information content (AvgIpc) is 2.64. The minimum atomic E-state index is -0.651. The maximum atomic E-state index is 11.9. The number of anilines is 2. The van der Waals surface area contributed by atoms with Crippen LogP contribution in [-0.2, 0) is 19.1 Å². The lowest BCUT2D eigenvalue weighted by molar-refractivity contribution is -0.147. The molecule has 2 amide bonds. The van der Waals surface area contributed by atoms with Gasteiger partial charge >= 0.3 is 5.97 Å². The Morgan fingerprint density at radius 1 is 0.926 bits per heavy atom. The van der Waals surface area contributed by atoms with Gasteiger partial charge in [-0.2, -0.15) is 0 Å². The Labute approximate surface area is 166 Å². The smallest absolute Gasteiger partial charge is 0.306 e. The van der Waals surface area contributed by atoms with E-state index in [2.05, 4.69) is 10.6 Å². The summed E-state index contributed by atoms with van der Waals surface area (Å²) in [7, 11) is 0. The zero-order valence-electron chi connectivity index (χ0n) is 14.6. The van der Waals surface area contributed by atoms with E-state index in [4.69, 9.17) is 27.9 Å². The third-order valence-electron chi connectivity index (χ3n) is 3.48. The summed E-state index contributed by atoms with van der Waals surface area (Å²) in [6.45, 7) is 1.51. The van der Waals surface area contributed by atoms with Crippen molar-refractivity contribution in [3.8, 4) is 0 Å². The molecule has 2 N–H and O–H groups in total. The quantitative estimate of drug-likeness (QED) is 0.672. The highest BCUT2D eigenvalue weighted by Gasteiger charge is 2.12. The first-order valence-electron chi connectivity index (χ1n) is 8.11. The summed E-state index contributed by atoms with van der Waals surface area (Å²) in [4.78, 5) is 35.3. The molecule has 6 nitrogen and oxygen atoms in total. The van der Waals surface area contributed by atoms with Crippen LogP contribution in [0.5, 0.6) is 0 Å². The molecule has 0 saturated heterocycles. The van der Waals surface area contributed by atoms with Crippen molar-refractivity contribution >= 4 is 52.4 Å². The van der Waals surface area contributed by atoms with Gasteiger partial charge in [-0.25, -0.2) is 0 Å². The van der Waals surface area contributed by atoms with Crippen molar-refractivity contribution in [2.24, 2.45) is 0 Å². The van der Waals surface area contributed by atoms with Gasteiger partial charge in [0.1, 0.15) is 0 Å². The number of benzene rings is 2. The predicted octanol–water partition coefficient (Wildman–Crippen LogP) is 4.20. The number of carbonyl (C=O) groups is 3. The molecule has 0 aliphatic heterocycles. The number of hydrogen-bond acceptors (Lipinski definition) is 4. The summed E-state index contributed by atoms with van der Waals surface area (Å²) >= 11 is 11.8. The topological polar surface area (TPSA) is 84.5 Å². The van der Waals surface area contributed by atoms with E-state index in [1.165, 1.54) is 0 Å². The highest BCUT2D eigenvalue weighted by molar-refractivity contribution is 6.43. The van der Waals surface area contributed by atoms with Crippen LogP contribution in [0.15, 0.2) is 42.5 Å². The number of amides is 2. The fraction of sp³-hybridized carbons (Fsp3) is 0.211. The van der Waals surface area contributed by atoms with Crippen molar-refractivity contribution in [1.82, 2.24) is 0 Å². The van der Waals surface area contributed by atoms with Crippen LogP contribution in [0, 0.1) is 6.92 Å². The lowest BCUT2D eigenvalue weighted by Crippen LogP contribution is -2.21. The van der Waals surface area contributed by atoms with Gasteiger partial charge in [0.2, 0.25) is 5.91 Å². The number of carbonyl (C=O) groups excluding carboxylic acids is 3. The summed E-state index contributed by atoms with van der Waals surface area (Å²) in [5.74, 6) is -1.52. The van der Waals surface area contributed by atoms with Crippen molar-refractivity contribution in [3.05, 3.63) is 58.1 Å². The molecular weight excluding hydrogens is 391 g/mol. The number of esters is 1. The molecule has 0 bridgehead atoms. The highest BCUT2D eigenvalue weighted by Crippen LogP contribution is 2.29. The van der Waals surface area contributed by atoms with Gasteiger partial charge in [0.25, 0.3) is 5.91 Å². The Bertz CT molecular complexity index is 838. The standard InChI is InChI=1S/C19H18Cl2N2O4/c1-12-5-7-13(8-6-12)22-17(25)11-27-18(26)10-9-16(24)23-15-4-2-3-14(20)19(15)21/h2-8H,9-11H2,1H3,(H,22,25)(H,23,24). The lowest BCUT2D eigenvalue weighted by atomic mass is 10.2. The normalized spacial score (nSPS) is 10.2. The van der Waals surface area contributed by atoms with Crippen LogP contribution < -0.4 is 10.6 Å². The fourth-order valence-electron chi connectivity index (χ4n) is 2.08. The third kappa shape index (κ3) is 6.92. The van der Waals surface area contributed by atoms with Gasteiger partial charge in [-0.1, -0.05) is 47.0 Å². The molecule has 0 heterocycles. The molecule has 142 valence electrons. The van der Waals surface area contributed by atoms with Gasteiger partial charge in [-0.05, 0) is 31.2 Å². The molecule has 0 unspecified atom stereocenters. The second-order valence-electron chi connectivity index (χ2n) is 5.72. The number of ether oxygens (including phenoxy) is 1. The summed E-state index contributed by atoms with van der Waals surface area (Å²) < 4.78 is 4.87. The largest absolute Gasteiger partial charge is 0.456 e. The van der Waals surface area contributed by atoms with Crippen LogP contribution in [-0.4, -0.2) is 24.4 Å². The highest BCUT2D eigenvalue weighted by atomic mass is 35.5. The zero-order chi connectivity index (χ0) is 19.8. The van der Waals surface area contributed by atoms with Gasteiger partial charge < -0.3 is 15.4 Å². The lowest BCUT2D eigenvalue weighted by Gasteiger charge is -2.09. The van der Waals surface area contributed by atoms with E-state index in [0.717, 1.165) is 5.56 Å². The van der Waals surface area contributed by atoms with Gasteiger partial charge in [0.15, 0.2) is 6.61 Å². The molecule has 0 aliphatic rings.